The van der Waals surface area contributed by atoms with E-state index < -0.39 is 0 Å². The number of guanidine groups is 1. The molecular formula is C21H34N4O2. The van der Waals surface area contributed by atoms with Crippen molar-refractivity contribution >= 4 is 11.9 Å². The number of hydrogen-bond donors (Lipinski definition) is 2. The number of nitrogens with one attached hydrogen (secondary N) is 2. The van der Waals surface area contributed by atoms with E-state index in [1.54, 1.807) is 7.11 Å². The number of carbonyl (C=O) groups is 1. The lowest BCUT2D eigenvalue weighted by atomic mass is 9.85. The summed E-state index contributed by atoms with van der Waals surface area (Å²) in [5.41, 5.74) is 1.14. The Bertz CT molecular complexity index is 640. The molecule has 0 aromatic heterocycles. The Kier molecular flexibility index (Phi) is 7.51. The first-order chi connectivity index (χ1) is 12.9. The van der Waals surface area contributed by atoms with Crippen LogP contribution in [-0.2, 0) is 10.2 Å². The van der Waals surface area contributed by atoms with Crippen LogP contribution in [0.5, 0.6) is 5.75 Å². The van der Waals surface area contributed by atoms with Crippen LogP contribution >= 0.6 is 0 Å². The summed E-state index contributed by atoms with van der Waals surface area (Å²) < 4.78 is 5.24. The number of benzene rings is 1. The Morgan fingerprint density at radius 3 is 2.59 bits per heavy atom. The van der Waals surface area contributed by atoms with E-state index >= 15 is 0 Å². The number of carbonyl (C=O) groups excluding carboxylic acids is 1. The third kappa shape index (κ3) is 5.88. The number of methoxy groups -OCH3 is 1. The smallest absolute Gasteiger partial charge is 0.222 e. The molecule has 0 aliphatic carbocycles. The molecule has 1 aromatic rings. The van der Waals surface area contributed by atoms with Gasteiger partial charge in [-0.15, -0.1) is 0 Å². The molecule has 1 aliphatic heterocycles. The van der Waals surface area contributed by atoms with Crippen molar-refractivity contribution in [2.75, 3.05) is 33.3 Å². The minimum Gasteiger partial charge on any atom is -0.497 e. The SMILES string of the molecule is CCNC(=NCC(C)(C)c1ccc(OC)cc1)NC1CCN(C(=O)CC)C1. The summed E-state index contributed by atoms with van der Waals surface area (Å²) >= 11 is 0. The molecule has 1 amide bonds. The van der Waals surface area contributed by atoms with Gasteiger partial charge in [-0.2, -0.15) is 0 Å². The average molecular weight is 375 g/mol. The van der Waals surface area contributed by atoms with Crippen molar-refractivity contribution in [3.05, 3.63) is 29.8 Å². The molecule has 6 nitrogen and oxygen atoms in total. The number of ether oxygens (including phenoxy) is 1. The highest BCUT2D eigenvalue weighted by atomic mass is 16.5. The van der Waals surface area contributed by atoms with Gasteiger partial charge in [0.15, 0.2) is 5.96 Å². The van der Waals surface area contributed by atoms with Crippen molar-refractivity contribution in [3.8, 4) is 5.75 Å². The van der Waals surface area contributed by atoms with Crippen LogP contribution in [0.25, 0.3) is 0 Å². The molecule has 1 aromatic carbocycles. The Balaban J connectivity index is 2.00. The fourth-order valence-corrected chi connectivity index (χ4v) is 3.25. The minimum atomic E-state index is -0.0888. The normalized spacial score (nSPS) is 17.7. The fraction of sp³-hybridized carbons (Fsp3) is 0.619. The van der Waals surface area contributed by atoms with E-state index in [1.165, 1.54) is 5.56 Å². The fourth-order valence-electron chi connectivity index (χ4n) is 3.25. The molecule has 1 saturated heterocycles. The van der Waals surface area contributed by atoms with Crippen LogP contribution in [0.1, 0.15) is 46.1 Å². The third-order valence-electron chi connectivity index (χ3n) is 5.03. The molecule has 1 aliphatic rings. The van der Waals surface area contributed by atoms with Gasteiger partial charge in [0.05, 0.1) is 13.7 Å². The van der Waals surface area contributed by atoms with E-state index in [-0.39, 0.29) is 17.4 Å². The first-order valence-corrected chi connectivity index (χ1v) is 9.86. The van der Waals surface area contributed by atoms with Gasteiger partial charge in [0.2, 0.25) is 5.91 Å². The molecule has 27 heavy (non-hydrogen) atoms. The van der Waals surface area contributed by atoms with Gasteiger partial charge < -0.3 is 20.3 Å². The maximum atomic E-state index is 11.9. The van der Waals surface area contributed by atoms with Gasteiger partial charge in [0.25, 0.3) is 0 Å². The lowest BCUT2D eigenvalue weighted by Crippen LogP contribution is -2.45. The summed E-state index contributed by atoms with van der Waals surface area (Å²) in [7, 11) is 1.68. The number of hydrogen-bond acceptors (Lipinski definition) is 3. The molecular weight excluding hydrogens is 340 g/mol. The van der Waals surface area contributed by atoms with Crippen LogP contribution < -0.4 is 15.4 Å². The highest BCUT2D eigenvalue weighted by molar-refractivity contribution is 5.80. The molecule has 0 saturated carbocycles. The van der Waals surface area contributed by atoms with E-state index in [0.29, 0.717) is 13.0 Å². The summed E-state index contributed by atoms with van der Waals surface area (Å²) in [5, 5.41) is 6.82. The molecule has 2 rings (SSSR count). The van der Waals surface area contributed by atoms with E-state index in [9.17, 15) is 4.79 Å². The van der Waals surface area contributed by atoms with Gasteiger partial charge in [-0.05, 0) is 31.0 Å². The molecule has 1 atom stereocenters. The minimum absolute atomic E-state index is 0.0888. The van der Waals surface area contributed by atoms with Crippen LogP contribution in [-0.4, -0.2) is 56.1 Å². The Labute approximate surface area is 163 Å². The van der Waals surface area contributed by atoms with E-state index in [4.69, 9.17) is 9.73 Å². The molecule has 0 radical (unpaired) electrons. The molecule has 1 unspecified atom stereocenters. The zero-order valence-corrected chi connectivity index (χ0v) is 17.3. The van der Waals surface area contributed by atoms with Crippen molar-refractivity contribution in [3.63, 3.8) is 0 Å². The van der Waals surface area contributed by atoms with Gasteiger partial charge in [-0.1, -0.05) is 32.9 Å². The summed E-state index contributed by atoms with van der Waals surface area (Å²) in [6.07, 6.45) is 1.52. The zero-order chi connectivity index (χ0) is 19.9. The lowest BCUT2D eigenvalue weighted by Gasteiger charge is -2.25. The number of likely N-dealkylation sites (tertiary alicyclic amines) is 1. The quantitative estimate of drug-likeness (QED) is 0.569. The first-order valence-electron chi connectivity index (χ1n) is 9.86. The zero-order valence-electron chi connectivity index (χ0n) is 17.3. The maximum absolute atomic E-state index is 11.9. The van der Waals surface area contributed by atoms with Crippen LogP contribution in [0, 0.1) is 0 Å². The summed E-state index contributed by atoms with van der Waals surface area (Å²) in [4.78, 5) is 18.6. The Hall–Kier alpha value is -2.24. The molecule has 1 fully saturated rings. The van der Waals surface area contributed by atoms with E-state index in [1.807, 2.05) is 24.0 Å². The van der Waals surface area contributed by atoms with Crippen LogP contribution in [0.15, 0.2) is 29.3 Å². The second-order valence-electron chi connectivity index (χ2n) is 7.63. The summed E-state index contributed by atoms with van der Waals surface area (Å²) in [6, 6.07) is 8.42. The van der Waals surface area contributed by atoms with Gasteiger partial charge >= 0.3 is 0 Å². The largest absolute Gasteiger partial charge is 0.497 e. The number of nitrogens with zero attached hydrogens (tertiary/aromatic N) is 2. The van der Waals surface area contributed by atoms with Gasteiger partial charge in [0, 0.05) is 37.5 Å². The summed E-state index contributed by atoms with van der Waals surface area (Å²) in [5.74, 6) is 1.90. The maximum Gasteiger partial charge on any atom is 0.222 e. The predicted molar refractivity (Wildman–Crippen MR) is 110 cm³/mol. The summed E-state index contributed by atoms with van der Waals surface area (Å²) in [6.45, 7) is 11.4. The average Bonchev–Trinajstić information content (AvgIpc) is 3.14. The predicted octanol–water partition coefficient (Wildman–Crippen LogP) is 2.54. The van der Waals surface area contributed by atoms with Crippen molar-refractivity contribution in [1.29, 1.82) is 0 Å². The van der Waals surface area contributed by atoms with E-state index in [2.05, 4.69) is 43.5 Å². The van der Waals surface area contributed by atoms with Crippen LogP contribution in [0.4, 0.5) is 0 Å². The Morgan fingerprint density at radius 2 is 2.00 bits per heavy atom. The lowest BCUT2D eigenvalue weighted by molar-refractivity contribution is -0.129. The monoisotopic (exact) mass is 374 g/mol. The first kappa shape index (κ1) is 21.1. The van der Waals surface area contributed by atoms with Crippen molar-refractivity contribution in [1.82, 2.24) is 15.5 Å². The van der Waals surface area contributed by atoms with Crippen molar-refractivity contribution in [2.24, 2.45) is 4.99 Å². The van der Waals surface area contributed by atoms with E-state index in [0.717, 1.165) is 37.8 Å². The Morgan fingerprint density at radius 1 is 1.30 bits per heavy atom. The van der Waals surface area contributed by atoms with Crippen molar-refractivity contribution in [2.45, 2.75) is 52.0 Å². The van der Waals surface area contributed by atoms with Crippen LogP contribution in [0.3, 0.4) is 0 Å². The molecule has 1 heterocycles. The second-order valence-corrected chi connectivity index (χ2v) is 7.63. The molecule has 150 valence electrons. The second kappa shape index (κ2) is 9.62. The van der Waals surface area contributed by atoms with Gasteiger partial charge in [-0.25, -0.2) is 0 Å². The molecule has 0 spiro atoms. The molecule has 2 N–H and O–H groups in total. The van der Waals surface area contributed by atoms with Crippen LogP contribution in [0.2, 0.25) is 0 Å². The van der Waals surface area contributed by atoms with Crippen molar-refractivity contribution < 1.29 is 9.53 Å². The highest BCUT2D eigenvalue weighted by Gasteiger charge is 2.26. The topological polar surface area (TPSA) is 66.0 Å². The standard InChI is InChI=1S/C21H34N4O2/c1-6-19(26)25-13-12-17(14-25)24-20(22-7-2)23-15-21(3,4)16-8-10-18(27-5)11-9-16/h8-11,17H,6-7,12-15H2,1-5H3,(H2,22,23,24). The highest BCUT2D eigenvalue weighted by Crippen LogP contribution is 2.25. The number of aliphatic imine (C=N–C) groups is 1. The molecule has 0 bridgehead atoms. The number of rotatable bonds is 7. The third-order valence-corrected chi connectivity index (χ3v) is 5.03. The van der Waals surface area contributed by atoms with Gasteiger partial charge in [-0.3, -0.25) is 9.79 Å². The van der Waals surface area contributed by atoms with Gasteiger partial charge in [0.1, 0.15) is 5.75 Å². The molecule has 6 heteroatoms. The number of amides is 1.